The topological polar surface area (TPSA) is 45.8 Å². The lowest BCUT2D eigenvalue weighted by atomic mass is 10.5. The van der Waals surface area contributed by atoms with E-state index in [1.54, 1.807) is 19.3 Å². The van der Waals surface area contributed by atoms with E-state index < -0.39 is 0 Å². The molecule has 1 aromatic heterocycles. The molecule has 0 aliphatic carbocycles. The van der Waals surface area contributed by atoms with E-state index in [2.05, 4.69) is 9.97 Å². The minimum absolute atomic E-state index is 0.138. The first-order valence-corrected chi connectivity index (χ1v) is 4.57. The summed E-state index contributed by atoms with van der Waals surface area (Å²) in [5.74, 6) is 1.52. The average Bonchev–Trinajstić information content (AvgIpc) is 2.49. The number of nitrogens with zero attached hydrogens (tertiary/aromatic N) is 1. The van der Waals surface area contributed by atoms with Crippen molar-refractivity contribution < 1.29 is 4.79 Å². The zero-order valence-electron chi connectivity index (χ0n) is 6.78. The summed E-state index contributed by atoms with van der Waals surface area (Å²) in [7, 11) is 0. The number of rotatable bonds is 3. The van der Waals surface area contributed by atoms with Gasteiger partial charge < -0.3 is 4.98 Å². The van der Waals surface area contributed by atoms with Gasteiger partial charge in [0.05, 0.1) is 0 Å². The van der Waals surface area contributed by atoms with Crippen molar-refractivity contribution in [1.29, 1.82) is 0 Å². The van der Waals surface area contributed by atoms with Crippen LogP contribution in [0.4, 0.5) is 0 Å². The Labute approximate surface area is 75.3 Å². The first-order valence-electron chi connectivity index (χ1n) is 3.58. The van der Waals surface area contributed by atoms with Crippen LogP contribution in [0.1, 0.15) is 12.7 Å². The Morgan fingerprint density at radius 1 is 1.83 bits per heavy atom. The highest BCUT2D eigenvalue weighted by atomic mass is 32.2. The van der Waals surface area contributed by atoms with Crippen molar-refractivity contribution in [2.75, 3.05) is 5.75 Å². The number of imidazole rings is 1. The molecule has 4 heteroatoms. The summed E-state index contributed by atoms with van der Waals surface area (Å²) < 4.78 is 0. The van der Waals surface area contributed by atoms with E-state index in [1.807, 2.05) is 12.2 Å². The first kappa shape index (κ1) is 9.06. The molecule has 0 aliphatic rings. The van der Waals surface area contributed by atoms with Crippen LogP contribution in [0.2, 0.25) is 0 Å². The highest BCUT2D eigenvalue weighted by Crippen LogP contribution is 2.02. The first-order chi connectivity index (χ1) is 5.79. The van der Waals surface area contributed by atoms with E-state index >= 15 is 0 Å². The summed E-state index contributed by atoms with van der Waals surface area (Å²) >= 11 is 1.29. The molecule has 0 saturated carbocycles. The molecule has 3 nitrogen and oxygen atoms in total. The Hall–Kier alpha value is -1.03. The molecule has 0 bridgehead atoms. The van der Waals surface area contributed by atoms with Crippen LogP contribution in [0.15, 0.2) is 18.5 Å². The van der Waals surface area contributed by atoms with Crippen LogP contribution in [0.5, 0.6) is 0 Å². The highest BCUT2D eigenvalue weighted by Gasteiger charge is 1.89. The molecule has 0 atom stereocenters. The van der Waals surface area contributed by atoms with Gasteiger partial charge in [-0.25, -0.2) is 4.98 Å². The van der Waals surface area contributed by atoms with Crippen LogP contribution >= 0.6 is 11.8 Å². The zero-order valence-corrected chi connectivity index (χ0v) is 7.60. The maximum atomic E-state index is 10.5. The summed E-state index contributed by atoms with van der Waals surface area (Å²) in [6, 6.07) is 0. The minimum atomic E-state index is 0.138. The smallest absolute Gasteiger partial charge is 0.186 e. The van der Waals surface area contributed by atoms with E-state index in [4.69, 9.17) is 0 Å². The van der Waals surface area contributed by atoms with Gasteiger partial charge in [-0.15, -0.1) is 0 Å². The quantitative estimate of drug-likeness (QED) is 0.774. The van der Waals surface area contributed by atoms with Crippen molar-refractivity contribution in [2.24, 2.45) is 0 Å². The van der Waals surface area contributed by atoms with E-state index in [1.165, 1.54) is 11.8 Å². The lowest BCUT2D eigenvalue weighted by Crippen LogP contribution is -1.81. The average molecular weight is 182 g/mol. The molecule has 0 radical (unpaired) electrons. The molecule has 12 heavy (non-hydrogen) atoms. The van der Waals surface area contributed by atoms with Crippen molar-refractivity contribution >= 4 is 23.0 Å². The largest absolute Gasteiger partial charge is 0.345 e. The standard InChI is InChI=1S/C8H10N2OS/c1-7(11)12-6-2-3-8-9-4-5-10-8/h2-5H,6H2,1H3,(H,9,10). The molecule has 0 saturated heterocycles. The maximum absolute atomic E-state index is 10.5. The van der Waals surface area contributed by atoms with Gasteiger partial charge in [0.1, 0.15) is 5.82 Å². The molecule has 1 N–H and O–H groups in total. The number of carbonyl (C=O) groups excluding carboxylic acids is 1. The van der Waals surface area contributed by atoms with Gasteiger partial charge >= 0.3 is 0 Å². The highest BCUT2D eigenvalue weighted by molar-refractivity contribution is 8.13. The molecule has 0 amide bonds. The Morgan fingerprint density at radius 2 is 2.67 bits per heavy atom. The van der Waals surface area contributed by atoms with Crippen molar-refractivity contribution in [2.45, 2.75) is 6.92 Å². The summed E-state index contributed by atoms with van der Waals surface area (Å²) in [4.78, 5) is 17.4. The normalized spacial score (nSPS) is 10.8. The van der Waals surface area contributed by atoms with E-state index in [0.29, 0.717) is 5.75 Å². The molecule has 64 valence electrons. The van der Waals surface area contributed by atoms with Gasteiger partial charge in [0, 0.05) is 25.1 Å². The second-order valence-electron chi connectivity index (χ2n) is 2.18. The van der Waals surface area contributed by atoms with Gasteiger partial charge in [-0.1, -0.05) is 17.8 Å². The summed E-state index contributed by atoms with van der Waals surface area (Å²) in [5, 5.41) is 0.138. The van der Waals surface area contributed by atoms with Crippen LogP contribution in [-0.2, 0) is 4.79 Å². The molecule has 1 heterocycles. The van der Waals surface area contributed by atoms with Gasteiger partial charge in [-0.05, 0) is 6.08 Å². The van der Waals surface area contributed by atoms with Gasteiger partial charge in [-0.3, -0.25) is 4.79 Å². The Morgan fingerprint density at radius 3 is 3.25 bits per heavy atom. The van der Waals surface area contributed by atoms with Crippen LogP contribution in [-0.4, -0.2) is 20.8 Å². The van der Waals surface area contributed by atoms with Gasteiger partial charge in [0.15, 0.2) is 5.12 Å². The predicted octanol–water partition coefficient (Wildman–Crippen LogP) is 1.70. The summed E-state index contributed by atoms with van der Waals surface area (Å²) in [5.41, 5.74) is 0. The summed E-state index contributed by atoms with van der Waals surface area (Å²) in [6.07, 6.45) is 7.22. The lowest BCUT2D eigenvalue weighted by Gasteiger charge is -1.87. The molecule has 0 fully saturated rings. The molecular weight excluding hydrogens is 172 g/mol. The second-order valence-corrected chi connectivity index (χ2v) is 3.38. The third kappa shape index (κ3) is 3.39. The second kappa shape index (κ2) is 4.77. The Balaban J connectivity index is 2.27. The predicted molar refractivity (Wildman–Crippen MR) is 50.8 cm³/mol. The summed E-state index contributed by atoms with van der Waals surface area (Å²) in [6.45, 7) is 1.56. The van der Waals surface area contributed by atoms with Crippen molar-refractivity contribution in [3.05, 3.63) is 24.3 Å². The fraction of sp³-hybridized carbons (Fsp3) is 0.250. The van der Waals surface area contributed by atoms with Gasteiger partial charge in [-0.2, -0.15) is 0 Å². The number of aromatic nitrogens is 2. The molecule has 0 aliphatic heterocycles. The SMILES string of the molecule is CC(=O)SCC=Cc1ncc[nH]1. The van der Waals surface area contributed by atoms with E-state index in [-0.39, 0.29) is 5.12 Å². The molecule has 0 unspecified atom stereocenters. The number of H-pyrrole nitrogens is 1. The third-order valence-corrected chi connectivity index (χ3v) is 1.94. The fourth-order valence-electron chi connectivity index (χ4n) is 0.694. The van der Waals surface area contributed by atoms with Crippen LogP contribution in [0.3, 0.4) is 0 Å². The molecule has 1 rings (SSSR count). The number of carbonyl (C=O) groups is 1. The maximum Gasteiger partial charge on any atom is 0.186 e. The minimum Gasteiger partial charge on any atom is -0.345 e. The lowest BCUT2D eigenvalue weighted by molar-refractivity contribution is -0.109. The molecule has 0 aromatic carbocycles. The van der Waals surface area contributed by atoms with Gasteiger partial charge in [0.2, 0.25) is 0 Å². The van der Waals surface area contributed by atoms with E-state index in [9.17, 15) is 4.79 Å². The Bertz CT molecular complexity index is 267. The molecule has 0 spiro atoms. The van der Waals surface area contributed by atoms with Crippen molar-refractivity contribution in [3.63, 3.8) is 0 Å². The number of aromatic amines is 1. The number of hydrogen-bond acceptors (Lipinski definition) is 3. The van der Waals surface area contributed by atoms with Crippen LogP contribution < -0.4 is 0 Å². The zero-order chi connectivity index (χ0) is 8.81. The van der Waals surface area contributed by atoms with Crippen molar-refractivity contribution in [3.8, 4) is 0 Å². The fourth-order valence-corrected chi connectivity index (χ4v) is 1.12. The van der Waals surface area contributed by atoms with E-state index in [0.717, 1.165) is 5.82 Å². The molecule has 1 aromatic rings. The Kier molecular flexibility index (Phi) is 3.60. The number of hydrogen-bond donors (Lipinski definition) is 1. The monoisotopic (exact) mass is 182 g/mol. The van der Waals surface area contributed by atoms with Crippen molar-refractivity contribution in [1.82, 2.24) is 9.97 Å². The van der Waals surface area contributed by atoms with Crippen LogP contribution in [0, 0.1) is 0 Å². The molecular formula is C8H10N2OS. The number of nitrogens with one attached hydrogen (secondary N) is 1. The van der Waals surface area contributed by atoms with Gasteiger partial charge in [0.25, 0.3) is 0 Å². The third-order valence-electron chi connectivity index (χ3n) is 1.18. The van der Waals surface area contributed by atoms with Crippen LogP contribution in [0.25, 0.3) is 6.08 Å². The number of thioether (sulfide) groups is 1.